The summed E-state index contributed by atoms with van der Waals surface area (Å²) < 4.78 is 7.69. The van der Waals surface area contributed by atoms with Gasteiger partial charge in [-0.25, -0.2) is 9.51 Å². The Balaban J connectivity index is 2.09. The molecule has 0 saturated carbocycles. The van der Waals surface area contributed by atoms with E-state index in [2.05, 4.69) is 10.1 Å². The van der Waals surface area contributed by atoms with Gasteiger partial charge in [0.15, 0.2) is 5.69 Å². The quantitative estimate of drug-likeness (QED) is 0.809. The number of fused-ring (bicyclic) bond motifs is 1. The van der Waals surface area contributed by atoms with Crippen LogP contribution in [0.4, 0.5) is 5.69 Å². The molecule has 0 bridgehead atoms. The first-order chi connectivity index (χ1) is 12.4. The minimum absolute atomic E-state index is 0.0417. The monoisotopic (exact) mass is 353 g/mol. The maximum Gasteiger partial charge on any atom is 0.260 e. The van der Waals surface area contributed by atoms with Crippen LogP contribution < -0.4 is 4.74 Å². The number of aryl methyl sites for hydroxylation is 2. The van der Waals surface area contributed by atoms with Crippen LogP contribution >= 0.6 is 0 Å². The smallest absolute Gasteiger partial charge is 0.260 e. The van der Waals surface area contributed by atoms with Gasteiger partial charge in [0.25, 0.3) is 5.88 Å². The van der Waals surface area contributed by atoms with Crippen LogP contribution in [0.3, 0.4) is 0 Å². The molecule has 0 fully saturated rings. The number of allylic oxidation sites excluding steroid dienone is 3. The normalized spacial score (nSPS) is 16.0. The number of likely N-dealkylation sites (N-methyl/N-ethyl adjacent to an activating group) is 1. The van der Waals surface area contributed by atoms with E-state index in [9.17, 15) is 5.11 Å². The fourth-order valence-electron chi connectivity index (χ4n) is 2.56. The molecule has 0 aliphatic heterocycles. The molecule has 1 aliphatic rings. The van der Waals surface area contributed by atoms with Crippen molar-refractivity contribution in [3.8, 4) is 5.88 Å². The van der Waals surface area contributed by atoms with Crippen molar-refractivity contribution < 1.29 is 9.84 Å². The molecule has 0 amide bonds. The summed E-state index contributed by atoms with van der Waals surface area (Å²) in [6.07, 6.45) is 4.57. The van der Waals surface area contributed by atoms with Gasteiger partial charge in [-0.05, 0) is 51.7 Å². The van der Waals surface area contributed by atoms with E-state index in [1.165, 1.54) is 6.08 Å². The summed E-state index contributed by atoms with van der Waals surface area (Å²) in [6, 6.07) is 3.96. The SMILES string of the molecule is Cc1ccc2c(/N=C3\C=CC(=N)C=C3O)c(OCCN(C)C)nn2c1C. The van der Waals surface area contributed by atoms with Crippen molar-refractivity contribution in [1.82, 2.24) is 14.5 Å². The van der Waals surface area contributed by atoms with Crippen molar-refractivity contribution in [2.24, 2.45) is 4.99 Å². The zero-order valence-electron chi connectivity index (χ0n) is 15.4. The minimum atomic E-state index is -0.0417. The summed E-state index contributed by atoms with van der Waals surface area (Å²) in [7, 11) is 3.96. The van der Waals surface area contributed by atoms with Crippen molar-refractivity contribution in [3.05, 3.63) is 47.4 Å². The predicted molar refractivity (Wildman–Crippen MR) is 103 cm³/mol. The lowest BCUT2D eigenvalue weighted by Gasteiger charge is -2.10. The third-order valence-corrected chi connectivity index (χ3v) is 4.23. The van der Waals surface area contributed by atoms with Crippen LogP contribution in [0.2, 0.25) is 0 Å². The third kappa shape index (κ3) is 3.52. The van der Waals surface area contributed by atoms with E-state index >= 15 is 0 Å². The molecule has 7 heteroatoms. The zero-order valence-corrected chi connectivity index (χ0v) is 15.4. The van der Waals surface area contributed by atoms with Gasteiger partial charge >= 0.3 is 0 Å². The minimum Gasteiger partial charge on any atom is -0.506 e. The predicted octanol–water partition coefficient (Wildman–Crippen LogP) is 3.00. The van der Waals surface area contributed by atoms with Crippen molar-refractivity contribution in [3.63, 3.8) is 0 Å². The first-order valence-electron chi connectivity index (χ1n) is 8.39. The molecule has 136 valence electrons. The fraction of sp³-hybridized carbons (Fsp3) is 0.316. The van der Waals surface area contributed by atoms with E-state index < -0.39 is 0 Å². The van der Waals surface area contributed by atoms with E-state index in [1.54, 1.807) is 12.2 Å². The Hall–Kier alpha value is -2.93. The van der Waals surface area contributed by atoms with Gasteiger partial charge in [-0.2, -0.15) is 0 Å². The molecule has 2 aromatic rings. The molecule has 2 aromatic heterocycles. The number of aromatic nitrogens is 2. The van der Waals surface area contributed by atoms with E-state index in [0.29, 0.717) is 23.9 Å². The molecule has 7 nitrogen and oxygen atoms in total. The number of aliphatic hydroxyl groups is 1. The topological polar surface area (TPSA) is 86.2 Å². The number of aliphatic hydroxyl groups excluding tert-OH is 1. The average molecular weight is 353 g/mol. The van der Waals surface area contributed by atoms with Gasteiger partial charge in [0, 0.05) is 18.3 Å². The summed E-state index contributed by atoms with van der Waals surface area (Å²) in [5, 5.41) is 22.3. The van der Waals surface area contributed by atoms with Gasteiger partial charge in [0.2, 0.25) is 0 Å². The summed E-state index contributed by atoms with van der Waals surface area (Å²) in [5.74, 6) is 0.384. The number of aliphatic imine (C=N–C) groups is 1. The third-order valence-electron chi connectivity index (χ3n) is 4.23. The Labute approximate surface area is 152 Å². The zero-order chi connectivity index (χ0) is 18.8. The summed E-state index contributed by atoms with van der Waals surface area (Å²) >= 11 is 0. The van der Waals surface area contributed by atoms with Crippen LogP contribution in [0.25, 0.3) is 5.52 Å². The molecule has 1 aliphatic carbocycles. The Kier molecular flexibility index (Phi) is 4.90. The second kappa shape index (κ2) is 7.13. The maximum atomic E-state index is 10.1. The molecule has 0 aromatic carbocycles. The number of pyridine rings is 1. The van der Waals surface area contributed by atoms with Crippen molar-refractivity contribution in [1.29, 1.82) is 5.41 Å². The lowest BCUT2D eigenvalue weighted by Crippen LogP contribution is -2.19. The van der Waals surface area contributed by atoms with E-state index in [0.717, 1.165) is 23.3 Å². The van der Waals surface area contributed by atoms with Crippen LogP contribution in [0.1, 0.15) is 11.3 Å². The van der Waals surface area contributed by atoms with Crippen LogP contribution in [-0.2, 0) is 0 Å². The molecule has 0 radical (unpaired) electrons. The Bertz CT molecular complexity index is 950. The first kappa shape index (κ1) is 17.9. The van der Waals surface area contributed by atoms with Crippen molar-refractivity contribution in [2.45, 2.75) is 13.8 Å². The molecule has 0 unspecified atom stereocenters. The lowest BCUT2D eigenvalue weighted by atomic mass is 10.1. The molecule has 0 spiro atoms. The van der Waals surface area contributed by atoms with Crippen molar-refractivity contribution in [2.75, 3.05) is 27.2 Å². The Morgan fingerprint density at radius 1 is 1.27 bits per heavy atom. The molecule has 3 rings (SSSR count). The molecular weight excluding hydrogens is 330 g/mol. The van der Waals surface area contributed by atoms with Crippen LogP contribution in [0.5, 0.6) is 5.88 Å². The summed E-state index contributed by atoms with van der Waals surface area (Å²) in [5.41, 5.74) is 4.11. The van der Waals surface area contributed by atoms with Gasteiger partial charge in [0.1, 0.15) is 18.1 Å². The molecule has 0 saturated heterocycles. The summed E-state index contributed by atoms with van der Waals surface area (Å²) in [6.45, 7) is 5.26. The summed E-state index contributed by atoms with van der Waals surface area (Å²) in [4.78, 5) is 6.61. The number of rotatable bonds is 5. The van der Waals surface area contributed by atoms with Crippen LogP contribution in [0.15, 0.2) is 41.1 Å². The number of nitrogens with zero attached hydrogens (tertiary/aromatic N) is 4. The van der Waals surface area contributed by atoms with Gasteiger partial charge in [-0.1, -0.05) is 6.07 Å². The number of nitrogens with one attached hydrogen (secondary N) is 1. The first-order valence-corrected chi connectivity index (χ1v) is 8.39. The molecule has 0 atom stereocenters. The van der Waals surface area contributed by atoms with Gasteiger partial charge in [-0.15, -0.1) is 5.10 Å². The standard InChI is InChI=1S/C19H23N5O2/c1-12-5-8-16-18(21-15-7-6-14(20)11-17(15)25)19(22-24(16)13(12)2)26-10-9-23(3)4/h5-8,11,20,25H,9-10H2,1-4H3/b20-14?,21-15+. The Morgan fingerprint density at radius 2 is 2.04 bits per heavy atom. The molecule has 2 heterocycles. The van der Waals surface area contributed by atoms with E-state index in [-0.39, 0.29) is 11.5 Å². The van der Waals surface area contributed by atoms with Gasteiger partial charge in [-0.3, -0.25) is 0 Å². The lowest BCUT2D eigenvalue weighted by molar-refractivity contribution is 0.253. The average Bonchev–Trinajstić information content (AvgIpc) is 2.92. The highest BCUT2D eigenvalue weighted by atomic mass is 16.5. The molecule has 2 N–H and O–H groups in total. The van der Waals surface area contributed by atoms with E-state index in [1.807, 2.05) is 49.5 Å². The molecule has 26 heavy (non-hydrogen) atoms. The van der Waals surface area contributed by atoms with Gasteiger partial charge in [0.05, 0.1) is 11.2 Å². The number of hydrogen-bond acceptors (Lipinski definition) is 6. The maximum absolute atomic E-state index is 10.1. The fourth-order valence-corrected chi connectivity index (χ4v) is 2.56. The largest absolute Gasteiger partial charge is 0.506 e. The second-order valence-corrected chi connectivity index (χ2v) is 6.52. The highest BCUT2D eigenvalue weighted by molar-refractivity contribution is 6.20. The highest BCUT2D eigenvalue weighted by Gasteiger charge is 2.18. The molecular formula is C19H23N5O2. The number of hydrogen-bond donors (Lipinski definition) is 2. The second-order valence-electron chi connectivity index (χ2n) is 6.52. The van der Waals surface area contributed by atoms with Crippen molar-refractivity contribution >= 4 is 22.6 Å². The highest BCUT2D eigenvalue weighted by Crippen LogP contribution is 2.34. The van der Waals surface area contributed by atoms with E-state index in [4.69, 9.17) is 10.1 Å². The Morgan fingerprint density at radius 3 is 2.73 bits per heavy atom. The van der Waals surface area contributed by atoms with Gasteiger partial charge < -0.3 is 20.2 Å². The number of ether oxygens (including phenoxy) is 1. The van der Waals surface area contributed by atoms with Crippen LogP contribution in [0, 0.1) is 19.3 Å². The van der Waals surface area contributed by atoms with Crippen LogP contribution in [-0.4, -0.2) is 58.3 Å².